The summed E-state index contributed by atoms with van der Waals surface area (Å²) >= 11 is 14.5. The van der Waals surface area contributed by atoms with E-state index in [-0.39, 0.29) is 0 Å². The summed E-state index contributed by atoms with van der Waals surface area (Å²) in [6.07, 6.45) is 0. The van der Waals surface area contributed by atoms with Crippen molar-refractivity contribution in [2.45, 2.75) is 10.1 Å². The first-order chi connectivity index (χ1) is 7.24. The summed E-state index contributed by atoms with van der Waals surface area (Å²) in [5.41, 5.74) is 1.17. The topological polar surface area (TPSA) is 25.8 Å². The van der Waals surface area contributed by atoms with Crippen LogP contribution in [0.5, 0.6) is 0 Å². The molecule has 0 bridgehead atoms. The fraction of sp³-hybridized carbons (Fsp3) is 0.111. The Kier molecular flexibility index (Phi) is 3.86. The molecule has 6 heteroatoms. The lowest BCUT2D eigenvalue weighted by Crippen LogP contribution is -1.79. The Morgan fingerprint density at radius 3 is 2.80 bits per heavy atom. The Balaban J connectivity index is 1.99. The maximum Gasteiger partial charge on any atom is 0.208 e. The molecule has 0 radical (unpaired) electrons. The average Bonchev–Trinajstić information content (AvgIpc) is 2.62. The summed E-state index contributed by atoms with van der Waals surface area (Å²) in [7, 11) is 0. The fourth-order valence-electron chi connectivity index (χ4n) is 1.02. The van der Waals surface area contributed by atoms with Crippen molar-refractivity contribution < 1.29 is 0 Å². The lowest BCUT2D eigenvalue weighted by molar-refractivity contribution is 1.01. The minimum atomic E-state index is 0.476. The van der Waals surface area contributed by atoms with Crippen LogP contribution >= 0.6 is 46.3 Å². The number of rotatable bonds is 3. The summed E-state index contributed by atoms with van der Waals surface area (Å²) in [6, 6.07) is 7.77. The molecule has 0 saturated carbocycles. The van der Waals surface area contributed by atoms with Gasteiger partial charge in [-0.2, -0.15) is 0 Å². The number of nitrogens with zero attached hydrogens (tertiary/aromatic N) is 2. The summed E-state index contributed by atoms with van der Waals surface area (Å²) in [6.45, 7) is 0. The summed E-state index contributed by atoms with van der Waals surface area (Å²) < 4.78 is 1.35. The third-order valence-electron chi connectivity index (χ3n) is 1.63. The van der Waals surface area contributed by atoms with Crippen molar-refractivity contribution in [1.82, 2.24) is 10.2 Å². The van der Waals surface area contributed by atoms with Crippen LogP contribution in [-0.2, 0) is 5.75 Å². The smallest absolute Gasteiger partial charge is 0.130 e. The van der Waals surface area contributed by atoms with Gasteiger partial charge >= 0.3 is 0 Å². The number of hydrogen-bond donors (Lipinski definition) is 0. The van der Waals surface area contributed by atoms with E-state index in [2.05, 4.69) is 10.2 Å². The third kappa shape index (κ3) is 3.34. The summed E-state index contributed by atoms with van der Waals surface area (Å²) in [4.78, 5) is 0. The van der Waals surface area contributed by atoms with Crippen LogP contribution in [0.25, 0.3) is 0 Å². The van der Waals surface area contributed by atoms with Gasteiger partial charge in [-0.05, 0) is 29.3 Å². The van der Waals surface area contributed by atoms with Gasteiger partial charge in [-0.1, -0.05) is 46.8 Å². The second-order valence-electron chi connectivity index (χ2n) is 2.74. The standard InChI is InChI=1S/C9H6Cl2N2S2/c10-7-3-1-2-6(4-7)5-14-9-13-12-8(11)15-9/h1-4H,5H2. The van der Waals surface area contributed by atoms with E-state index in [4.69, 9.17) is 23.2 Å². The predicted molar refractivity (Wildman–Crippen MR) is 65.9 cm³/mol. The van der Waals surface area contributed by atoms with Gasteiger partial charge in [0.25, 0.3) is 0 Å². The molecule has 15 heavy (non-hydrogen) atoms. The molecule has 0 N–H and O–H groups in total. The molecule has 0 spiro atoms. The first kappa shape index (κ1) is 11.2. The zero-order valence-corrected chi connectivity index (χ0v) is 10.6. The quantitative estimate of drug-likeness (QED) is 0.789. The van der Waals surface area contributed by atoms with Crippen LogP contribution in [0.1, 0.15) is 5.56 Å². The van der Waals surface area contributed by atoms with E-state index in [1.165, 1.54) is 16.9 Å². The lowest BCUT2D eigenvalue weighted by Gasteiger charge is -1.98. The van der Waals surface area contributed by atoms with Crippen LogP contribution in [0.2, 0.25) is 9.49 Å². The Morgan fingerprint density at radius 2 is 2.13 bits per heavy atom. The van der Waals surface area contributed by atoms with Gasteiger partial charge in [-0.3, -0.25) is 0 Å². The van der Waals surface area contributed by atoms with Crippen molar-refractivity contribution in [3.63, 3.8) is 0 Å². The number of halogens is 2. The van der Waals surface area contributed by atoms with E-state index in [1.807, 2.05) is 24.3 Å². The molecule has 0 aliphatic rings. The van der Waals surface area contributed by atoms with Crippen LogP contribution in [-0.4, -0.2) is 10.2 Å². The second kappa shape index (κ2) is 5.16. The number of benzene rings is 1. The highest BCUT2D eigenvalue weighted by Crippen LogP contribution is 2.28. The van der Waals surface area contributed by atoms with Gasteiger partial charge in [0, 0.05) is 10.8 Å². The highest BCUT2D eigenvalue weighted by molar-refractivity contribution is 8.00. The van der Waals surface area contributed by atoms with E-state index in [0.29, 0.717) is 4.47 Å². The number of hydrogen-bond acceptors (Lipinski definition) is 4. The molecule has 2 aromatic rings. The van der Waals surface area contributed by atoms with E-state index >= 15 is 0 Å². The molecule has 78 valence electrons. The molecule has 0 aliphatic heterocycles. The molecule has 2 rings (SSSR count). The molecule has 0 saturated heterocycles. The maximum atomic E-state index is 5.87. The van der Waals surface area contributed by atoms with Gasteiger partial charge in [0.05, 0.1) is 0 Å². The Bertz CT molecular complexity index is 459. The molecule has 1 aromatic heterocycles. The van der Waals surface area contributed by atoms with Crippen LogP contribution in [0.3, 0.4) is 0 Å². The summed E-state index contributed by atoms with van der Waals surface area (Å²) in [5.74, 6) is 0.825. The molecule has 2 nitrogen and oxygen atoms in total. The molecule has 0 fully saturated rings. The molecular formula is C9H6Cl2N2S2. The van der Waals surface area contributed by atoms with Crippen LogP contribution in [0, 0.1) is 0 Å². The summed E-state index contributed by atoms with van der Waals surface area (Å²) in [5, 5.41) is 8.41. The van der Waals surface area contributed by atoms with Crippen molar-refractivity contribution in [2.24, 2.45) is 0 Å². The van der Waals surface area contributed by atoms with Gasteiger partial charge in [-0.25, -0.2) is 0 Å². The van der Waals surface area contributed by atoms with Crippen LogP contribution in [0.15, 0.2) is 28.6 Å². The molecule has 0 unspecified atom stereocenters. The minimum Gasteiger partial charge on any atom is -0.130 e. The third-order valence-corrected chi connectivity index (χ3v) is 4.09. The molecular weight excluding hydrogens is 271 g/mol. The normalized spacial score (nSPS) is 10.5. The highest BCUT2D eigenvalue weighted by atomic mass is 35.5. The van der Waals surface area contributed by atoms with Crippen molar-refractivity contribution in [3.8, 4) is 0 Å². The van der Waals surface area contributed by atoms with Crippen molar-refractivity contribution >= 4 is 46.3 Å². The molecule has 0 amide bonds. The van der Waals surface area contributed by atoms with Crippen LogP contribution < -0.4 is 0 Å². The predicted octanol–water partition coefficient (Wildman–Crippen LogP) is 4.14. The Labute approximate surface area is 106 Å². The van der Waals surface area contributed by atoms with Crippen molar-refractivity contribution in [2.75, 3.05) is 0 Å². The Hall–Kier alpha value is -0.290. The Morgan fingerprint density at radius 1 is 1.27 bits per heavy atom. The van der Waals surface area contributed by atoms with Crippen molar-refractivity contribution in [3.05, 3.63) is 39.3 Å². The van der Waals surface area contributed by atoms with Crippen LogP contribution in [0.4, 0.5) is 0 Å². The molecule has 1 aromatic carbocycles. The number of thioether (sulfide) groups is 1. The number of aromatic nitrogens is 2. The van der Waals surface area contributed by atoms with E-state index in [0.717, 1.165) is 15.1 Å². The van der Waals surface area contributed by atoms with Gasteiger partial charge in [0.15, 0.2) is 4.34 Å². The first-order valence-corrected chi connectivity index (χ1v) is 6.66. The average molecular weight is 277 g/mol. The maximum absolute atomic E-state index is 5.87. The molecule has 0 aliphatic carbocycles. The fourth-order valence-corrected chi connectivity index (χ4v) is 3.16. The van der Waals surface area contributed by atoms with E-state index in [9.17, 15) is 0 Å². The van der Waals surface area contributed by atoms with Gasteiger partial charge < -0.3 is 0 Å². The highest BCUT2D eigenvalue weighted by Gasteiger charge is 2.03. The lowest BCUT2D eigenvalue weighted by atomic mass is 10.2. The van der Waals surface area contributed by atoms with Gasteiger partial charge in [0.2, 0.25) is 4.47 Å². The van der Waals surface area contributed by atoms with Gasteiger partial charge in [0.1, 0.15) is 0 Å². The van der Waals surface area contributed by atoms with E-state index < -0.39 is 0 Å². The molecule has 0 atom stereocenters. The molecule has 1 heterocycles. The first-order valence-electron chi connectivity index (χ1n) is 4.10. The monoisotopic (exact) mass is 276 g/mol. The SMILES string of the molecule is Clc1cccc(CSc2nnc(Cl)s2)c1. The minimum absolute atomic E-state index is 0.476. The zero-order chi connectivity index (χ0) is 10.7. The van der Waals surface area contributed by atoms with Crippen molar-refractivity contribution in [1.29, 1.82) is 0 Å². The van der Waals surface area contributed by atoms with E-state index in [1.54, 1.807) is 11.8 Å². The largest absolute Gasteiger partial charge is 0.208 e. The second-order valence-corrected chi connectivity index (χ2v) is 5.96. The zero-order valence-electron chi connectivity index (χ0n) is 7.48. The van der Waals surface area contributed by atoms with Gasteiger partial charge in [-0.15, -0.1) is 10.2 Å².